The number of nitriles is 1. The Morgan fingerprint density at radius 3 is 2.45 bits per heavy atom. The highest BCUT2D eigenvalue weighted by Crippen LogP contribution is 2.26. The third-order valence-electron chi connectivity index (χ3n) is 5.95. The van der Waals surface area contributed by atoms with E-state index < -0.39 is 0 Å². The molecule has 4 nitrogen and oxygen atoms in total. The van der Waals surface area contributed by atoms with E-state index in [0.29, 0.717) is 5.56 Å². The topological polar surface area (TPSA) is 47.3 Å². The van der Waals surface area contributed by atoms with Crippen LogP contribution in [-0.4, -0.2) is 29.9 Å². The molecule has 0 saturated carbocycles. The molecule has 0 atom stereocenters. The third kappa shape index (κ3) is 6.31. The van der Waals surface area contributed by atoms with Crippen LogP contribution in [0.5, 0.6) is 0 Å². The minimum Gasteiger partial charge on any atom is -0.306 e. The lowest BCUT2D eigenvalue weighted by molar-refractivity contribution is -0.114. The van der Waals surface area contributed by atoms with Crippen molar-refractivity contribution in [2.24, 2.45) is 0 Å². The maximum atomic E-state index is 13.4. The summed E-state index contributed by atoms with van der Waals surface area (Å²) in [6, 6.07) is 28.3. The lowest BCUT2D eigenvalue weighted by Crippen LogP contribution is -2.47. The quantitative estimate of drug-likeness (QED) is 0.287. The second-order valence-electron chi connectivity index (χ2n) is 8.25. The zero-order valence-electron chi connectivity index (χ0n) is 18.4. The first-order valence-electron chi connectivity index (χ1n) is 11.2. The summed E-state index contributed by atoms with van der Waals surface area (Å²) in [4.78, 5) is 17.8. The van der Waals surface area contributed by atoms with Crippen LogP contribution in [0.3, 0.4) is 0 Å². The minimum absolute atomic E-state index is 0.0277. The van der Waals surface area contributed by atoms with Crippen LogP contribution in [0.1, 0.15) is 29.5 Å². The Kier molecular flexibility index (Phi) is 7.92. The number of hydrogen-bond donors (Lipinski definition) is 0. The van der Waals surface area contributed by atoms with Crippen molar-refractivity contribution in [3.05, 3.63) is 105 Å². The molecule has 5 heteroatoms. The Morgan fingerprint density at radius 2 is 1.76 bits per heavy atom. The molecule has 3 aromatic carbocycles. The number of nitrogens with zero attached hydrogens (tertiary/aromatic N) is 3. The van der Waals surface area contributed by atoms with Gasteiger partial charge in [0.05, 0.1) is 11.6 Å². The molecule has 4 rings (SSSR count). The Bertz CT molecular complexity index is 1140. The summed E-state index contributed by atoms with van der Waals surface area (Å²) >= 11 is 2.29. The van der Waals surface area contributed by atoms with Gasteiger partial charge in [0.1, 0.15) is 0 Å². The molecule has 0 unspecified atom stereocenters. The number of anilines is 1. The molecule has 1 heterocycles. The molecule has 1 fully saturated rings. The van der Waals surface area contributed by atoms with E-state index in [4.69, 9.17) is 5.26 Å². The average Bonchev–Trinajstić information content (AvgIpc) is 2.86. The molecule has 1 aliphatic heterocycles. The molecule has 1 amide bonds. The smallest absolute Gasteiger partial charge is 0.251 e. The predicted molar refractivity (Wildman–Crippen MR) is 142 cm³/mol. The molecule has 1 saturated heterocycles. The van der Waals surface area contributed by atoms with Crippen molar-refractivity contribution in [1.82, 2.24) is 4.90 Å². The molecule has 0 aromatic heterocycles. The zero-order valence-corrected chi connectivity index (χ0v) is 20.6. The predicted octanol–water partition coefficient (Wildman–Crippen LogP) is 5.87. The number of amides is 1. The first-order chi connectivity index (χ1) is 16.1. The molecule has 3 aromatic rings. The van der Waals surface area contributed by atoms with Crippen LogP contribution in [0.4, 0.5) is 5.69 Å². The third-order valence-corrected chi connectivity index (χ3v) is 6.67. The largest absolute Gasteiger partial charge is 0.306 e. The van der Waals surface area contributed by atoms with Crippen LogP contribution in [-0.2, 0) is 11.3 Å². The van der Waals surface area contributed by atoms with Gasteiger partial charge in [-0.2, -0.15) is 5.26 Å². The molecular weight excluding hydrogens is 521 g/mol. The fraction of sp³-hybridized carbons (Fsp3) is 0.214. The second kappa shape index (κ2) is 11.3. The van der Waals surface area contributed by atoms with Crippen LogP contribution < -0.4 is 4.90 Å². The lowest BCUT2D eigenvalue weighted by Gasteiger charge is -2.38. The highest BCUT2D eigenvalue weighted by Gasteiger charge is 2.28. The van der Waals surface area contributed by atoms with Gasteiger partial charge in [-0.05, 0) is 89.0 Å². The van der Waals surface area contributed by atoms with Gasteiger partial charge in [0.25, 0.3) is 5.91 Å². The summed E-state index contributed by atoms with van der Waals surface area (Å²) in [5.74, 6) is -0.0277. The molecule has 1 aliphatic rings. The number of rotatable bonds is 6. The average molecular weight is 547 g/mol. The number of benzene rings is 3. The highest BCUT2D eigenvalue weighted by molar-refractivity contribution is 14.1. The Hall–Kier alpha value is -2.95. The summed E-state index contributed by atoms with van der Waals surface area (Å²) < 4.78 is 1.14. The van der Waals surface area contributed by atoms with E-state index in [9.17, 15) is 4.79 Å². The number of carbonyl (C=O) groups excluding carboxylic acids is 1. The fourth-order valence-electron chi connectivity index (χ4n) is 4.26. The molecule has 0 aliphatic carbocycles. The standard InChI is InChI=1S/C28H26IN3O/c29-25-10-12-26(13-11-25)32(28(33)14-9-22-7-4-8-24(19-22)20-30)27-15-17-31(18-16-27)21-23-5-2-1-3-6-23/h1-14,19,27H,15-18,21H2/b14-9+. The second-order valence-corrected chi connectivity index (χ2v) is 9.49. The summed E-state index contributed by atoms with van der Waals surface area (Å²) in [5, 5.41) is 9.13. The molecule has 0 radical (unpaired) electrons. The van der Waals surface area contributed by atoms with Crippen LogP contribution in [0.15, 0.2) is 84.9 Å². The van der Waals surface area contributed by atoms with Crippen LogP contribution in [0.2, 0.25) is 0 Å². The van der Waals surface area contributed by atoms with Crippen LogP contribution in [0.25, 0.3) is 6.08 Å². The van der Waals surface area contributed by atoms with Crippen LogP contribution >= 0.6 is 22.6 Å². The SMILES string of the molecule is N#Cc1cccc(/C=C/C(=O)N(c2ccc(I)cc2)C2CCN(Cc3ccccc3)CC2)c1. The van der Waals surface area contributed by atoms with Gasteiger partial charge in [0.2, 0.25) is 0 Å². The summed E-state index contributed by atoms with van der Waals surface area (Å²) in [6.07, 6.45) is 5.29. The van der Waals surface area contributed by atoms with Crippen molar-refractivity contribution < 1.29 is 4.79 Å². The normalized spacial score (nSPS) is 14.8. The molecular formula is C28H26IN3O. The van der Waals surface area contributed by atoms with E-state index in [-0.39, 0.29) is 11.9 Å². The van der Waals surface area contributed by atoms with Crippen molar-refractivity contribution in [3.63, 3.8) is 0 Å². The van der Waals surface area contributed by atoms with Crippen LogP contribution in [0, 0.1) is 14.9 Å². The summed E-state index contributed by atoms with van der Waals surface area (Å²) in [6.45, 7) is 2.86. The van der Waals surface area contributed by atoms with E-state index in [1.807, 2.05) is 47.4 Å². The Labute approximate surface area is 209 Å². The molecule has 0 bridgehead atoms. The van der Waals surface area contributed by atoms with Gasteiger partial charge in [-0.15, -0.1) is 0 Å². The maximum absolute atomic E-state index is 13.4. The number of piperidine rings is 1. The minimum atomic E-state index is -0.0277. The van der Waals surface area contributed by atoms with E-state index >= 15 is 0 Å². The first kappa shape index (κ1) is 23.2. The van der Waals surface area contributed by atoms with Crippen molar-refractivity contribution in [2.75, 3.05) is 18.0 Å². The van der Waals surface area contributed by atoms with E-state index in [2.05, 4.69) is 57.8 Å². The van der Waals surface area contributed by atoms with Gasteiger partial charge >= 0.3 is 0 Å². The highest BCUT2D eigenvalue weighted by atomic mass is 127. The Morgan fingerprint density at radius 1 is 1.03 bits per heavy atom. The number of halogens is 1. The zero-order chi connectivity index (χ0) is 23.0. The summed E-state index contributed by atoms with van der Waals surface area (Å²) in [5.41, 5.74) is 3.69. The van der Waals surface area contributed by atoms with Gasteiger partial charge < -0.3 is 4.90 Å². The van der Waals surface area contributed by atoms with E-state index in [0.717, 1.165) is 47.3 Å². The van der Waals surface area contributed by atoms with Crippen molar-refractivity contribution >= 4 is 40.3 Å². The number of hydrogen-bond acceptors (Lipinski definition) is 3. The monoisotopic (exact) mass is 547 g/mol. The van der Waals surface area contributed by atoms with Gasteiger partial charge in [-0.3, -0.25) is 9.69 Å². The molecule has 166 valence electrons. The number of carbonyl (C=O) groups is 1. The molecule has 0 N–H and O–H groups in total. The maximum Gasteiger partial charge on any atom is 0.251 e. The summed E-state index contributed by atoms with van der Waals surface area (Å²) in [7, 11) is 0. The van der Waals surface area contributed by atoms with Crippen molar-refractivity contribution in [3.8, 4) is 6.07 Å². The van der Waals surface area contributed by atoms with Crippen molar-refractivity contribution in [1.29, 1.82) is 5.26 Å². The van der Waals surface area contributed by atoms with E-state index in [1.54, 1.807) is 24.3 Å². The Balaban J connectivity index is 1.49. The fourth-order valence-corrected chi connectivity index (χ4v) is 4.62. The van der Waals surface area contributed by atoms with Gasteiger partial charge in [-0.1, -0.05) is 42.5 Å². The van der Waals surface area contributed by atoms with E-state index in [1.165, 1.54) is 5.56 Å². The lowest BCUT2D eigenvalue weighted by atomic mass is 10.0. The first-order valence-corrected chi connectivity index (χ1v) is 12.2. The van der Waals surface area contributed by atoms with Gasteiger partial charge in [0.15, 0.2) is 0 Å². The van der Waals surface area contributed by atoms with Crippen molar-refractivity contribution in [2.45, 2.75) is 25.4 Å². The van der Waals surface area contributed by atoms with Gasteiger partial charge in [0, 0.05) is 41.0 Å². The molecule has 0 spiro atoms. The van der Waals surface area contributed by atoms with Gasteiger partial charge in [-0.25, -0.2) is 0 Å². The molecule has 33 heavy (non-hydrogen) atoms. The number of likely N-dealkylation sites (tertiary alicyclic amines) is 1.